The SMILES string of the molecule is COc1cc(C(=O)C2CC2c2ccc(C)c(O)c2)cc(OC)c1OC. The molecule has 2 unspecified atom stereocenters. The summed E-state index contributed by atoms with van der Waals surface area (Å²) >= 11 is 0. The van der Waals surface area contributed by atoms with Gasteiger partial charge in [0.15, 0.2) is 17.3 Å². The molecule has 0 bridgehead atoms. The molecule has 5 nitrogen and oxygen atoms in total. The Morgan fingerprint density at radius 1 is 1.04 bits per heavy atom. The van der Waals surface area contributed by atoms with Crippen molar-refractivity contribution in [3.63, 3.8) is 0 Å². The molecule has 132 valence electrons. The van der Waals surface area contributed by atoms with Crippen LogP contribution in [-0.2, 0) is 0 Å². The highest BCUT2D eigenvalue weighted by Gasteiger charge is 2.44. The van der Waals surface area contributed by atoms with Gasteiger partial charge in [0.25, 0.3) is 0 Å². The molecular weight excluding hydrogens is 320 g/mol. The maximum Gasteiger partial charge on any atom is 0.203 e. The Hall–Kier alpha value is -2.69. The second kappa shape index (κ2) is 6.67. The predicted molar refractivity (Wildman–Crippen MR) is 94.1 cm³/mol. The van der Waals surface area contributed by atoms with Crippen molar-refractivity contribution in [2.24, 2.45) is 5.92 Å². The topological polar surface area (TPSA) is 65.0 Å². The molecule has 1 aliphatic rings. The maximum absolute atomic E-state index is 12.9. The van der Waals surface area contributed by atoms with E-state index in [4.69, 9.17) is 14.2 Å². The Labute approximate surface area is 147 Å². The van der Waals surface area contributed by atoms with E-state index in [0.717, 1.165) is 17.5 Å². The zero-order chi connectivity index (χ0) is 18.1. The van der Waals surface area contributed by atoms with E-state index in [1.54, 1.807) is 18.2 Å². The van der Waals surface area contributed by atoms with Crippen molar-refractivity contribution < 1.29 is 24.1 Å². The van der Waals surface area contributed by atoms with Gasteiger partial charge in [-0.3, -0.25) is 4.79 Å². The second-order valence-corrected chi connectivity index (χ2v) is 6.27. The fraction of sp³-hybridized carbons (Fsp3) is 0.350. The van der Waals surface area contributed by atoms with Gasteiger partial charge in [-0.05, 0) is 48.6 Å². The molecule has 25 heavy (non-hydrogen) atoms. The number of methoxy groups -OCH3 is 3. The van der Waals surface area contributed by atoms with Crippen LogP contribution in [-0.4, -0.2) is 32.2 Å². The van der Waals surface area contributed by atoms with Crippen LogP contribution in [0.1, 0.15) is 33.8 Å². The lowest BCUT2D eigenvalue weighted by Crippen LogP contribution is -2.05. The molecule has 2 aromatic carbocycles. The Morgan fingerprint density at radius 2 is 1.68 bits per heavy atom. The molecule has 5 heteroatoms. The smallest absolute Gasteiger partial charge is 0.203 e. The lowest BCUT2D eigenvalue weighted by Gasteiger charge is -2.13. The lowest BCUT2D eigenvalue weighted by molar-refractivity contribution is 0.0964. The Morgan fingerprint density at radius 3 is 2.20 bits per heavy atom. The number of hydrogen-bond donors (Lipinski definition) is 1. The second-order valence-electron chi connectivity index (χ2n) is 6.27. The van der Waals surface area contributed by atoms with Crippen LogP contribution in [0, 0.1) is 12.8 Å². The lowest BCUT2D eigenvalue weighted by atomic mass is 10.0. The quantitative estimate of drug-likeness (QED) is 0.811. The summed E-state index contributed by atoms with van der Waals surface area (Å²) in [4.78, 5) is 12.9. The molecule has 3 rings (SSSR count). The van der Waals surface area contributed by atoms with Crippen LogP contribution in [0.2, 0.25) is 0 Å². The predicted octanol–water partition coefficient (Wildman–Crippen LogP) is 3.71. The van der Waals surface area contributed by atoms with E-state index in [1.165, 1.54) is 21.3 Å². The first kappa shape index (κ1) is 17.1. The number of hydrogen-bond acceptors (Lipinski definition) is 5. The van der Waals surface area contributed by atoms with E-state index in [-0.39, 0.29) is 23.4 Å². The van der Waals surface area contributed by atoms with Crippen LogP contribution in [0.25, 0.3) is 0 Å². The maximum atomic E-state index is 12.9. The zero-order valence-corrected chi connectivity index (χ0v) is 14.8. The van der Waals surface area contributed by atoms with Crippen LogP contribution in [0.5, 0.6) is 23.0 Å². The van der Waals surface area contributed by atoms with Crippen LogP contribution >= 0.6 is 0 Å². The highest BCUT2D eigenvalue weighted by atomic mass is 16.5. The van der Waals surface area contributed by atoms with Gasteiger partial charge in [-0.15, -0.1) is 0 Å². The molecule has 1 aliphatic carbocycles. The number of ketones is 1. The van der Waals surface area contributed by atoms with Gasteiger partial charge in [0.1, 0.15) is 5.75 Å². The number of aromatic hydroxyl groups is 1. The van der Waals surface area contributed by atoms with E-state index in [0.29, 0.717) is 22.8 Å². The molecule has 1 N–H and O–H groups in total. The summed E-state index contributed by atoms with van der Waals surface area (Å²) in [5.74, 6) is 1.76. The van der Waals surface area contributed by atoms with E-state index < -0.39 is 0 Å². The minimum absolute atomic E-state index is 0.0457. The summed E-state index contributed by atoms with van der Waals surface area (Å²) in [7, 11) is 4.59. The van der Waals surface area contributed by atoms with Crippen LogP contribution in [0.15, 0.2) is 30.3 Å². The largest absolute Gasteiger partial charge is 0.508 e. The van der Waals surface area contributed by atoms with E-state index in [1.807, 2.05) is 19.1 Å². The molecule has 0 saturated heterocycles. The first-order chi connectivity index (χ1) is 12.0. The molecule has 0 spiro atoms. The Bertz CT molecular complexity index is 787. The fourth-order valence-electron chi connectivity index (χ4n) is 3.15. The summed E-state index contributed by atoms with van der Waals surface area (Å²) in [6.07, 6.45) is 0.776. The highest BCUT2D eigenvalue weighted by Crippen LogP contribution is 2.51. The third-order valence-corrected chi connectivity index (χ3v) is 4.74. The number of rotatable bonds is 6. The van der Waals surface area contributed by atoms with Crippen molar-refractivity contribution in [1.29, 1.82) is 0 Å². The average molecular weight is 342 g/mol. The summed E-state index contributed by atoms with van der Waals surface area (Å²) in [6, 6.07) is 8.98. The molecule has 0 amide bonds. The van der Waals surface area contributed by atoms with Crippen molar-refractivity contribution in [2.45, 2.75) is 19.3 Å². The zero-order valence-electron chi connectivity index (χ0n) is 14.8. The molecule has 0 radical (unpaired) electrons. The van der Waals surface area contributed by atoms with Crippen molar-refractivity contribution in [3.05, 3.63) is 47.0 Å². The number of ether oxygens (including phenoxy) is 3. The number of carbonyl (C=O) groups is 1. The average Bonchev–Trinajstić information content (AvgIpc) is 3.42. The first-order valence-corrected chi connectivity index (χ1v) is 8.13. The molecule has 1 saturated carbocycles. The van der Waals surface area contributed by atoms with Gasteiger partial charge in [-0.2, -0.15) is 0 Å². The third kappa shape index (κ3) is 3.14. The van der Waals surface area contributed by atoms with Crippen molar-refractivity contribution >= 4 is 5.78 Å². The normalized spacial score (nSPS) is 18.6. The summed E-state index contributed by atoms with van der Waals surface area (Å²) in [5, 5.41) is 9.88. The van der Waals surface area contributed by atoms with E-state index >= 15 is 0 Å². The van der Waals surface area contributed by atoms with Crippen LogP contribution < -0.4 is 14.2 Å². The molecule has 2 aromatic rings. The molecule has 1 fully saturated rings. The van der Waals surface area contributed by atoms with Gasteiger partial charge >= 0.3 is 0 Å². The van der Waals surface area contributed by atoms with Crippen molar-refractivity contribution in [1.82, 2.24) is 0 Å². The molecule has 0 aromatic heterocycles. The van der Waals surface area contributed by atoms with E-state index in [2.05, 4.69) is 0 Å². The summed E-state index contributed by atoms with van der Waals surface area (Å²) in [6.45, 7) is 1.85. The van der Waals surface area contributed by atoms with Crippen molar-refractivity contribution in [2.75, 3.05) is 21.3 Å². The number of phenols is 1. The molecule has 2 atom stereocenters. The Kier molecular flexibility index (Phi) is 4.57. The summed E-state index contributed by atoms with van der Waals surface area (Å²) < 4.78 is 15.9. The minimum atomic E-state index is -0.0927. The molecule has 0 aliphatic heterocycles. The molecule has 0 heterocycles. The van der Waals surface area contributed by atoms with Gasteiger partial charge in [-0.25, -0.2) is 0 Å². The third-order valence-electron chi connectivity index (χ3n) is 4.74. The monoisotopic (exact) mass is 342 g/mol. The fourth-order valence-corrected chi connectivity index (χ4v) is 3.15. The Balaban J connectivity index is 1.86. The number of phenolic OH excluding ortho intramolecular Hbond substituents is 1. The number of Topliss-reactive ketones (excluding diaryl/α,β-unsaturated/α-hetero) is 1. The summed E-state index contributed by atoms with van der Waals surface area (Å²) in [5.41, 5.74) is 2.36. The standard InChI is InChI=1S/C20H22O5/c1-11-5-6-12(7-16(11)21)14-10-15(14)19(22)13-8-17(23-2)20(25-4)18(9-13)24-3/h5-9,14-15,21H,10H2,1-4H3. The van der Waals surface area contributed by atoms with Crippen molar-refractivity contribution in [3.8, 4) is 23.0 Å². The number of carbonyl (C=O) groups excluding carboxylic acids is 1. The van der Waals surface area contributed by atoms with Crippen LogP contribution in [0.3, 0.4) is 0 Å². The van der Waals surface area contributed by atoms with Crippen LogP contribution in [0.4, 0.5) is 0 Å². The minimum Gasteiger partial charge on any atom is -0.508 e. The van der Waals surface area contributed by atoms with E-state index in [9.17, 15) is 9.90 Å². The first-order valence-electron chi connectivity index (χ1n) is 8.13. The number of aryl methyl sites for hydroxylation is 1. The number of benzene rings is 2. The van der Waals surface area contributed by atoms with Gasteiger partial charge in [0.05, 0.1) is 21.3 Å². The van der Waals surface area contributed by atoms with Gasteiger partial charge in [-0.1, -0.05) is 12.1 Å². The molecular formula is C20H22O5. The highest BCUT2D eigenvalue weighted by molar-refractivity contribution is 6.01. The van der Waals surface area contributed by atoms with Gasteiger partial charge < -0.3 is 19.3 Å². The van der Waals surface area contributed by atoms with Gasteiger partial charge in [0, 0.05) is 11.5 Å². The van der Waals surface area contributed by atoms with Gasteiger partial charge in [0.2, 0.25) is 5.75 Å².